The van der Waals surface area contributed by atoms with Crippen molar-refractivity contribution in [3.63, 3.8) is 0 Å². The van der Waals surface area contributed by atoms with Gasteiger partial charge in [0.05, 0.1) is 15.8 Å². The highest BCUT2D eigenvalue weighted by molar-refractivity contribution is 9.10. The molecule has 0 amide bonds. The number of benzene rings is 1. The maximum atomic E-state index is 13.4. The third kappa shape index (κ3) is 2.32. The highest BCUT2D eigenvalue weighted by Crippen LogP contribution is 2.42. The van der Waals surface area contributed by atoms with Gasteiger partial charge in [0.25, 0.3) is 0 Å². The van der Waals surface area contributed by atoms with E-state index in [0.29, 0.717) is 21.8 Å². The number of rotatable bonds is 3. The molecule has 0 aliphatic heterocycles. The molecule has 1 aromatic rings. The Labute approximate surface area is 104 Å². The molecule has 16 heavy (non-hydrogen) atoms. The van der Waals surface area contributed by atoms with Gasteiger partial charge in [-0.1, -0.05) is 0 Å². The van der Waals surface area contributed by atoms with Crippen LogP contribution in [-0.2, 0) is 0 Å². The Balaban J connectivity index is 2.23. The first kappa shape index (κ1) is 11.7. The van der Waals surface area contributed by atoms with Crippen LogP contribution < -0.4 is 11.1 Å². The van der Waals surface area contributed by atoms with Gasteiger partial charge in [0.15, 0.2) is 0 Å². The van der Waals surface area contributed by atoms with Crippen molar-refractivity contribution < 1.29 is 4.39 Å². The van der Waals surface area contributed by atoms with E-state index in [-0.39, 0.29) is 11.4 Å². The molecule has 0 aromatic heterocycles. The molecule has 3 N–H and O–H groups in total. The van der Waals surface area contributed by atoms with Gasteiger partial charge in [-0.3, -0.25) is 0 Å². The number of halogens is 2. The molecular weight excluding hydrogens is 271 g/mol. The summed E-state index contributed by atoms with van der Waals surface area (Å²) in [6, 6.07) is 3.05. The van der Waals surface area contributed by atoms with Crippen molar-refractivity contribution in [1.29, 1.82) is 0 Å². The number of nitrogen functional groups attached to an aromatic ring is 1. The summed E-state index contributed by atoms with van der Waals surface area (Å²) in [7, 11) is 0. The Hall–Kier alpha value is -0.770. The molecule has 1 aliphatic carbocycles. The monoisotopic (exact) mass is 286 g/mol. The van der Waals surface area contributed by atoms with Crippen molar-refractivity contribution in [3.8, 4) is 0 Å². The van der Waals surface area contributed by atoms with Crippen LogP contribution in [0.3, 0.4) is 0 Å². The quantitative estimate of drug-likeness (QED) is 0.830. The molecule has 1 saturated carbocycles. The molecule has 1 fully saturated rings. The summed E-state index contributed by atoms with van der Waals surface area (Å²) in [4.78, 5) is 0. The smallest absolute Gasteiger partial charge is 0.139 e. The minimum atomic E-state index is -0.289. The molecule has 0 heterocycles. The Morgan fingerprint density at radius 2 is 2.06 bits per heavy atom. The topological polar surface area (TPSA) is 38.0 Å². The van der Waals surface area contributed by atoms with Crippen LogP contribution in [0.4, 0.5) is 15.8 Å². The van der Waals surface area contributed by atoms with Crippen molar-refractivity contribution in [1.82, 2.24) is 0 Å². The van der Waals surface area contributed by atoms with Gasteiger partial charge in [0.2, 0.25) is 0 Å². The van der Waals surface area contributed by atoms with Crippen LogP contribution in [0.5, 0.6) is 0 Å². The lowest BCUT2D eigenvalue weighted by atomic mass is 9.98. The van der Waals surface area contributed by atoms with Crippen LogP contribution in [0.1, 0.15) is 26.7 Å². The van der Waals surface area contributed by atoms with Gasteiger partial charge >= 0.3 is 0 Å². The van der Waals surface area contributed by atoms with Crippen LogP contribution in [-0.4, -0.2) is 5.54 Å². The van der Waals surface area contributed by atoms with Crippen LogP contribution in [0, 0.1) is 11.7 Å². The second-order valence-electron chi connectivity index (χ2n) is 4.97. The molecule has 0 spiro atoms. The molecule has 1 aliphatic rings. The number of nitrogens with one attached hydrogen (secondary N) is 1. The fourth-order valence-corrected chi connectivity index (χ4v) is 2.29. The predicted octanol–water partition coefficient (Wildman–Crippen LogP) is 3.77. The molecule has 0 saturated heterocycles. The number of hydrogen-bond donors (Lipinski definition) is 2. The number of nitrogens with two attached hydrogens (primary N) is 1. The first-order valence-corrected chi connectivity index (χ1v) is 6.22. The molecule has 0 atom stereocenters. The molecule has 0 unspecified atom stereocenters. The molecular formula is C12H16BrFN2. The van der Waals surface area contributed by atoms with Crippen molar-refractivity contribution in [2.45, 2.75) is 32.2 Å². The zero-order valence-electron chi connectivity index (χ0n) is 9.48. The lowest BCUT2D eigenvalue weighted by molar-refractivity contribution is 0.494. The molecule has 88 valence electrons. The molecule has 2 nitrogen and oxygen atoms in total. The summed E-state index contributed by atoms with van der Waals surface area (Å²) >= 11 is 3.12. The lowest BCUT2D eigenvalue weighted by Crippen LogP contribution is -2.33. The summed E-state index contributed by atoms with van der Waals surface area (Å²) in [5, 5.41) is 3.33. The highest BCUT2D eigenvalue weighted by Gasteiger charge is 2.37. The van der Waals surface area contributed by atoms with Crippen molar-refractivity contribution in [2.75, 3.05) is 11.1 Å². The Kier molecular flexibility index (Phi) is 2.86. The van der Waals surface area contributed by atoms with E-state index in [1.54, 1.807) is 6.07 Å². The predicted molar refractivity (Wildman–Crippen MR) is 68.9 cm³/mol. The van der Waals surface area contributed by atoms with Crippen molar-refractivity contribution in [3.05, 3.63) is 22.4 Å². The van der Waals surface area contributed by atoms with E-state index in [9.17, 15) is 4.39 Å². The molecule has 0 bridgehead atoms. The molecule has 0 radical (unpaired) electrons. The zero-order valence-corrected chi connectivity index (χ0v) is 11.1. The minimum absolute atomic E-state index is 0.0195. The van der Waals surface area contributed by atoms with Crippen molar-refractivity contribution in [2.24, 2.45) is 5.92 Å². The highest BCUT2D eigenvalue weighted by atomic mass is 79.9. The van der Waals surface area contributed by atoms with Gasteiger partial charge < -0.3 is 11.1 Å². The van der Waals surface area contributed by atoms with E-state index in [2.05, 4.69) is 35.1 Å². The fourth-order valence-electron chi connectivity index (χ4n) is 1.92. The molecule has 1 aromatic carbocycles. The van der Waals surface area contributed by atoms with Crippen molar-refractivity contribution >= 4 is 27.3 Å². The normalized spacial score (nSPS) is 16.2. The van der Waals surface area contributed by atoms with Gasteiger partial charge in [-0.05, 0) is 54.6 Å². The standard InChI is InChI=1S/C12H16BrFN2/c1-12(2,7-3-4-7)16-11-6-9(14)8(13)5-10(11)15/h5-7,16H,3-4,15H2,1-2H3. The second kappa shape index (κ2) is 3.91. The minimum Gasteiger partial charge on any atom is -0.397 e. The third-order valence-corrected chi connectivity index (χ3v) is 3.75. The van der Waals surface area contributed by atoms with Gasteiger partial charge in [-0.2, -0.15) is 0 Å². The summed E-state index contributed by atoms with van der Waals surface area (Å²) in [6.45, 7) is 4.26. The van der Waals surface area contributed by atoms with Gasteiger partial charge in [0, 0.05) is 11.6 Å². The van der Waals surface area contributed by atoms with Crippen LogP contribution in [0.15, 0.2) is 16.6 Å². The summed E-state index contributed by atoms with van der Waals surface area (Å²) in [5.74, 6) is 0.377. The van der Waals surface area contributed by atoms with E-state index in [1.165, 1.54) is 18.9 Å². The second-order valence-corrected chi connectivity index (χ2v) is 5.83. The maximum absolute atomic E-state index is 13.4. The first-order valence-electron chi connectivity index (χ1n) is 5.43. The van der Waals surface area contributed by atoms with E-state index >= 15 is 0 Å². The van der Waals surface area contributed by atoms with Gasteiger partial charge in [-0.25, -0.2) is 4.39 Å². The summed E-state index contributed by atoms with van der Waals surface area (Å²) < 4.78 is 13.8. The first-order chi connectivity index (χ1) is 7.40. The number of anilines is 2. The fraction of sp³-hybridized carbons (Fsp3) is 0.500. The summed E-state index contributed by atoms with van der Waals surface area (Å²) in [5.41, 5.74) is 7.09. The zero-order chi connectivity index (χ0) is 11.9. The average molecular weight is 287 g/mol. The molecule has 2 rings (SSSR count). The van der Waals surface area contributed by atoms with Gasteiger partial charge in [-0.15, -0.1) is 0 Å². The van der Waals surface area contributed by atoms with E-state index in [1.807, 2.05) is 0 Å². The Bertz CT molecular complexity index is 414. The van der Waals surface area contributed by atoms with Gasteiger partial charge in [0.1, 0.15) is 5.82 Å². The van der Waals surface area contributed by atoms with Crippen LogP contribution in [0.25, 0.3) is 0 Å². The molecule has 4 heteroatoms. The number of hydrogen-bond acceptors (Lipinski definition) is 2. The Morgan fingerprint density at radius 1 is 1.44 bits per heavy atom. The third-order valence-electron chi connectivity index (χ3n) is 3.15. The summed E-state index contributed by atoms with van der Waals surface area (Å²) in [6.07, 6.45) is 2.47. The lowest BCUT2D eigenvalue weighted by Gasteiger charge is -2.28. The van der Waals surface area contributed by atoms with Crippen LogP contribution in [0.2, 0.25) is 0 Å². The van der Waals surface area contributed by atoms with E-state index in [0.717, 1.165) is 0 Å². The SMILES string of the molecule is CC(C)(Nc1cc(F)c(Br)cc1N)C1CC1. The Morgan fingerprint density at radius 3 is 2.62 bits per heavy atom. The maximum Gasteiger partial charge on any atom is 0.139 e. The average Bonchev–Trinajstić information content (AvgIpc) is 2.96. The van der Waals surface area contributed by atoms with E-state index < -0.39 is 0 Å². The van der Waals surface area contributed by atoms with E-state index in [4.69, 9.17) is 5.73 Å². The largest absolute Gasteiger partial charge is 0.397 e. The van der Waals surface area contributed by atoms with Crippen LogP contribution >= 0.6 is 15.9 Å².